The zero-order valence-corrected chi connectivity index (χ0v) is 13.6. The Labute approximate surface area is 125 Å². The van der Waals surface area contributed by atoms with Gasteiger partial charge in [-0.05, 0) is 45.9 Å². The minimum absolute atomic E-state index is 0.00690. The van der Waals surface area contributed by atoms with Gasteiger partial charge in [0.2, 0.25) is 10.0 Å². The average molecular weight is 313 g/mol. The van der Waals surface area contributed by atoms with Crippen LogP contribution in [-0.2, 0) is 19.3 Å². The monoisotopic (exact) mass is 313 g/mol. The van der Waals surface area contributed by atoms with Crippen molar-refractivity contribution in [3.8, 4) is 5.75 Å². The summed E-state index contributed by atoms with van der Waals surface area (Å²) in [5.41, 5.74) is -0.336. The molecule has 0 aliphatic carbocycles. The van der Waals surface area contributed by atoms with Gasteiger partial charge in [-0.2, -0.15) is 0 Å². The van der Waals surface area contributed by atoms with Crippen LogP contribution in [0.15, 0.2) is 18.2 Å². The number of hydrogen-bond donors (Lipinski definition) is 2. The number of anilines is 1. The SMILES string of the molecule is CC1(C)OB(c2cc(NS(C)(=O)=O)ccc2O)OC1(C)C. The molecule has 2 N–H and O–H groups in total. The first-order chi connectivity index (χ1) is 9.41. The summed E-state index contributed by atoms with van der Waals surface area (Å²) in [5, 5.41) is 10.00. The first-order valence-electron chi connectivity index (χ1n) is 6.58. The van der Waals surface area contributed by atoms with Gasteiger partial charge < -0.3 is 14.4 Å². The molecule has 0 amide bonds. The van der Waals surface area contributed by atoms with Gasteiger partial charge in [0.05, 0.1) is 17.5 Å². The number of benzene rings is 1. The average Bonchev–Trinajstić information content (AvgIpc) is 2.49. The highest BCUT2D eigenvalue weighted by molar-refractivity contribution is 7.92. The van der Waals surface area contributed by atoms with E-state index in [-0.39, 0.29) is 5.75 Å². The molecule has 0 bridgehead atoms. The van der Waals surface area contributed by atoms with Crippen molar-refractivity contribution in [1.29, 1.82) is 0 Å². The fraction of sp³-hybridized carbons (Fsp3) is 0.538. The van der Waals surface area contributed by atoms with Crippen LogP contribution in [0.1, 0.15) is 27.7 Å². The van der Waals surface area contributed by atoms with Crippen LogP contribution >= 0.6 is 0 Å². The summed E-state index contributed by atoms with van der Waals surface area (Å²) in [6, 6.07) is 4.40. The van der Waals surface area contributed by atoms with Crippen molar-refractivity contribution >= 4 is 28.3 Å². The number of sulfonamides is 1. The molecule has 2 rings (SSSR count). The van der Waals surface area contributed by atoms with E-state index in [0.29, 0.717) is 11.2 Å². The van der Waals surface area contributed by atoms with E-state index in [9.17, 15) is 13.5 Å². The topological polar surface area (TPSA) is 84.9 Å². The van der Waals surface area contributed by atoms with Gasteiger partial charge in [0.1, 0.15) is 5.75 Å². The summed E-state index contributed by atoms with van der Waals surface area (Å²) >= 11 is 0. The van der Waals surface area contributed by atoms with Gasteiger partial charge in [-0.15, -0.1) is 0 Å². The summed E-state index contributed by atoms with van der Waals surface area (Å²) in [6.45, 7) is 7.62. The Bertz CT molecular complexity index is 641. The van der Waals surface area contributed by atoms with Crippen LogP contribution in [-0.4, -0.2) is 38.1 Å². The third kappa shape index (κ3) is 3.33. The molecule has 6 nitrogen and oxygen atoms in total. The molecule has 0 unspecified atom stereocenters. The van der Waals surface area contributed by atoms with Crippen LogP contribution in [0, 0.1) is 0 Å². The molecule has 0 aromatic heterocycles. The second-order valence-corrected chi connectivity index (χ2v) is 7.98. The summed E-state index contributed by atoms with van der Waals surface area (Å²) in [4.78, 5) is 0. The van der Waals surface area contributed by atoms with Crippen LogP contribution < -0.4 is 10.2 Å². The van der Waals surface area contributed by atoms with Crippen molar-refractivity contribution in [2.45, 2.75) is 38.9 Å². The lowest BCUT2D eigenvalue weighted by Crippen LogP contribution is -2.41. The number of phenols is 1. The van der Waals surface area contributed by atoms with Gasteiger partial charge in [0, 0.05) is 11.2 Å². The number of nitrogens with one attached hydrogen (secondary N) is 1. The van der Waals surface area contributed by atoms with Crippen LogP contribution in [0.3, 0.4) is 0 Å². The molecule has 1 aliphatic rings. The lowest BCUT2D eigenvalue weighted by atomic mass is 9.78. The molecule has 1 fully saturated rings. The van der Waals surface area contributed by atoms with Crippen molar-refractivity contribution in [2.75, 3.05) is 11.0 Å². The minimum Gasteiger partial charge on any atom is -0.508 e. The Morgan fingerprint density at radius 1 is 1.14 bits per heavy atom. The highest BCUT2D eigenvalue weighted by atomic mass is 32.2. The van der Waals surface area contributed by atoms with Gasteiger partial charge in [0.25, 0.3) is 0 Å². The maximum atomic E-state index is 11.3. The first-order valence-corrected chi connectivity index (χ1v) is 8.47. The van der Waals surface area contributed by atoms with E-state index in [1.165, 1.54) is 18.2 Å². The molecule has 0 radical (unpaired) electrons. The molecular formula is C13H20BNO5S. The normalized spacial score (nSPS) is 20.5. The predicted molar refractivity (Wildman–Crippen MR) is 82.3 cm³/mol. The summed E-state index contributed by atoms with van der Waals surface area (Å²) in [6.07, 6.45) is 1.06. The lowest BCUT2D eigenvalue weighted by Gasteiger charge is -2.32. The molecule has 1 heterocycles. The van der Waals surface area contributed by atoms with Gasteiger partial charge in [-0.1, -0.05) is 0 Å². The lowest BCUT2D eigenvalue weighted by molar-refractivity contribution is 0.00578. The Balaban J connectivity index is 2.35. The van der Waals surface area contributed by atoms with Crippen LogP contribution in [0.5, 0.6) is 5.75 Å². The molecule has 0 saturated carbocycles. The predicted octanol–water partition coefficient (Wildman–Crippen LogP) is 1.06. The highest BCUT2D eigenvalue weighted by Gasteiger charge is 2.52. The molecule has 1 aliphatic heterocycles. The van der Waals surface area contributed by atoms with Gasteiger partial charge in [-0.3, -0.25) is 4.72 Å². The van der Waals surface area contributed by atoms with E-state index < -0.39 is 28.3 Å². The van der Waals surface area contributed by atoms with E-state index in [4.69, 9.17) is 9.31 Å². The summed E-state index contributed by atoms with van der Waals surface area (Å²) in [7, 11) is -4.14. The van der Waals surface area contributed by atoms with Crippen molar-refractivity contribution in [3.05, 3.63) is 18.2 Å². The second kappa shape index (κ2) is 4.89. The van der Waals surface area contributed by atoms with Crippen LogP contribution in [0.2, 0.25) is 0 Å². The molecule has 116 valence electrons. The fourth-order valence-corrected chi connectivity index (χ4v) is 2.55. The Kier molecular flexibility index (Phi) is 3.76. The van der Waals surface area contributed by atoms with Crippen molar-refractivity contribution in [3.63, 3.8) is 0 Å². The molecule has 1 aromatic rings. The molecule has 21 heavy (non-hydrogen) atoms. The van der Waals surface area contributed by atoms with Crippen molar-refractivity contribution in [1.82, 2.24) is 0 Å². The van der Waals surface area contributed by atoms with Gasteiger partial charge in [-0.25, -0.2) is 8.42 Å². The van der Waals surface area contributed by atoms with Crippen LogP contribution in [0.25, 0.3) is 0 Å². The van der Waals surface area contributed by atoms with Crippen molar-refractivity contribution < 1.29 is 22.8 Å². The number of rotatable bonds is 3. The Morgan fingerprint density at radius 3 is 2.14 bits per heavy atom. The molecule has 8 heteroatoms. The Hall–Kier alpha value is -1.25. The molecule has 0 atom stereocenters. The quantitative estimate of drug-likeness (QED) is 0.644. The number of phenolic OH excluding ortho intramolecular Hbond substituents is 1. The van der Waals surface area contributed by atoms with E-state index in [1.54, 1.807) is 0 Å². The smallest absolute Gasteiger partial charge is 0.498 e. The zero-order chi connectivity index (χ0) is 16.1. The molecule has 1 saturated heterocycles. The maximum absolute atomic E-state index is 11.3. The third-order valence-corrected chi connectivity index (χ3v) is 4.44. The number of aromatic hydroxyl groups is 1. The van der Waals surface area contributed by atoms with E-state index in [0.717, 1.165) is 6.26 Å². The van der Waals surface area contributed by atoms with E-state index >= 15 is 0 Å². The standard InChI is InChI=1S/C13H20BNO5S/c1-12(2)13(3,4)20-14(19-12)10-8-9(6-7-11(10)16)15-21(5,17)18/h6-8,15-16H,1-5H3. The molecular weight excluding hydrogens is 293 g/mol. The highest BCUT2D eigenvalue weighted by Crippen LogP contribution is 2.37. The minimum atomic E-state index is -3.39. The molecule has 0 spiro atoms. The maximum Gasteiger partial charge on any atom is 0.498 e. The molecule has 1 aromatic carbocycles. The van der Waals surface area contributed by atoms with Gasteiger partial charge in [0.15, 0.2) is 0 Å². The summed E-state index contributed by atoms with van der Waals surface area (Å²) in [5.74, 6) is -0.00690. The van der Waals surface area contributed by atoms with E-state index in [2.05, 4.69) is 4.72 Å². The zero-order valence-electron chi connectivity index (χ0n) is 12.8. The van der Waals surface area contributed by atoms with E-state index in [1.807, 2.05) is 27.7 Å². The largest absolute Gasteiger partial charge is 0.508 e. The van der Waals surface area contributed by atoms with Gasteiger partial charge >= 0.3 is 7.12 Å². The third-order valence-electron chi connectivity index (χ3n) is 3.84. The Morgan fingerprint density at radius 2 is 1.67 bits per heavy atom. The fourth-order valence-electron chi connectivity index (χ4n) is 1.99. The van der Waals surface area contributed by atoms with Crippen LogP contribution in [0.4, 0.5) is 5.69 Å². The summed E-state index contributed by atoms with van der Waals surface area (Å²) < 4.78 is 36.7. The van der Waals surface area contributed by atoms with Crippen molar-refractivity contribution in [2.24, 2.45) is 0 Å². The first kappa shape index (κ1) is 16.1. The number of hydrogen-bond acceptors (Lipinski definition) is 5. The second-order valence-electron chi connectivity index (χ2n) is 6.24.